The van der Waals surface area contributed by atoms with E-state index in [2.05, 4.69) is 5.32 Å². The zero-order chi connectivity index (χ0) is 15.6. The maximum atomic E-state index is 12.3. The van der Waals surface area contributed by atoms with Gasteiger partial charge in [-0.05, 0) is 32.1 Å². The van der Waals surface area contributed by atoms with Crippen LogP contribution in [0.15, 0.2) is 0 Å². The molecular weight excluding hydrogens is 294 g/mol. The first kappa shape index (κ1) is 16.2. The van der Waals surface area contributed by atoms with Crippen LogP contribution in [0.1, 0.15) is 32.1 Å². The van der Waals surface area contributed by atoms with Gasteiger partial charge in [0, 0.05) is 18.8 Å². The fourth-order valence-corrected chi connectivity index (χ4v) is 3.19. The summed E-state index contributed by atoms with van der Waals surface area (Å²) in [6.07, 6.45) is 4.62. The fourth-order valence-electron chi connectivity index (χ4n) is 2.51. The van der Waals surface area contributed by atoms with Crippen LogP contribution in [0.25, 0.3) is 0 Å². The van der Waals surface area contributed by atoms with Crippen LogP contribution in [0.2, 0.25) is 0 Å². The molecule has 2 atom stereocenters. The van der Waals surface area contributed by atoms with E-state index in [-0.39, 0.29) is 30.0 Å². The third-order valence-electron chi connectivity index (χ3n) is 3.88. The molecule has 2 amide bonds. The first-order valence-electron chi connectivity index (χ1n) is 7.32. The van der Waals surface area contributed by atoms with E-state index < -0.39 is 21.9 Å². The number of sulfone groups is 1. The molecule has 0 aromatic carbocycles. The maximum absolute atomic E-state index is 12.3. The Bertz CT molecular complexity index is 516. The lowest BCUT2D eigenvalue weighted by molar-refractivity contribution is -0.139. The van der Waals surface area contributed by atoms with Gasteiger partial charge in [0.1, 0.15) is 15.9 Å². The number of likely N-dealkylation sites (tertiary alicyclic amines) is 1. The number of hydrogen-bond acceptors (Lipinski definition) is 5. The van der Waals surface area contributed by atoms with Crippen molar-refractivity contribution in [2.75, 3.05) is 18.6 Å². The smallest absolute Gasteiger partial charge is 0.243 e. The number of carbonyl (C=O) groups excluding carboxylic acids is 2. The van der Waals surface area contributed by atoms with Crippen LogP contribution in [0, 0.1) is 0 Å². The molecule has 120 valence electrons. The first-order valence-corrected chi connectivity index (χ1v) is 9.38. The summed E-state index contributed by atoms with van der Waals surface area (Å²) in [5.74, 6) is -0.557. The summed E-state index contributed by atoms with van der Waals surface area (Å²) in [5.41, 5.74) is 5.79. The van der Waals surface area contributed by atoms with Crippen molar-refractivity contribution in [2.24, 2.45) is 5.73 Å². The van der Waals surface area contributed by atoms with Crippen LogP contribution in [-0.2, 0) is 19.4 Å². The molecule has 0 radical (unpaired) electrons. The van der Waals surface area contributed by atoms with Crippen molar-refractivity contribution in [3.05, 3.63) is 0 Å². The zero-order valence-electron chi connectivity index (χ0n) is 12.2. The molecule has 0 aromatic rings. The summed E-state index contributed by atoms with van der Waals surface area (Å²) >= 11 is 0. The molecule has 2 unspecified atom stereocenters. The number of nitrogens with one attached hydrogen (secondary N) is 1. The number of nitrogens with zero attached hydrogens (tertiary/aromatic N) is 1. The van der Waals surface area contributed by atoms with Crippen molar-refractivity contribution in [3.63, 3.8) is 0 Å². The van der Waals surface area contributed by atoms with Crippen LogP contribution >= 0.6 is 0 Å². The van der Waals surface area contributed by atoms with Crippen molar-refractivity contribution in [1.29, 1.82) is 0 Å². The van der Waals surface area contributed by atoms with Gasteiger partial charge in [-0.25, -0.2) is 8.42 Å². The minimum Gasteiger partial charge on any atom is -0.352 e. The lowest BCUT2D eigenvalue weighted by Gasteiger charge is -2.26. The molecule has 1 aliphatic heterocycles. The van der Waals surface area contributed by atoms with Crippen LogP contribution in [-0.4, -0.2) is 61.8 Å². The second kappa shape index (κ2) is 6.31. The van der Waals surface area contributed by atoms with Gasteiger partial charge < -0.3 is 16.0 Å². The van der Waals surface area contributed by atoms with Crippen molar-refractivity contribution in [3.8, 4) is 0 Å². The Hall–Kier alpha value is -1.15. The van der Waals surface area contributed by atoms with Gasteiger partial charge in [-0.15, -0.1) is 0 Å². The molecule has 3 N–H and O–H groups in total. The average molecular weight is 317 g/mol. The molecule has 1 aliphatic carbocycles. The molecular formula is C13H23N3O4S. The highest BCUT2D eigenvalue weighted by Crippen LogP contribution is 2.23. The summed E-state index contributed by atoms with van der Waals surface area (Å²) in [4.78, 5) is 25.9. The average Bonchev–Trinajstić information content (AvgIpc) is 3.06. The minimum atomic E-state index is -3.14. The van der Waals surface area contributed by atoms with E-state index in [9.17, 15) is 18.0 Å². The quantitative estimate of drug-likeness (QED) is 0.654. The molecule has 0 aromatic heterocycles. The Balaban J connectivity index is 1.91. The van der Waals surface area contributed by atoms with E-state index in [1.54, 1.807) is 0 Å². The molecule has 1 heterocycles. The van der Waals surface area contributed by atoms with Crippen LogP contribution in [0.4, 0.5) is 0 Å². The summed E-state index contributed by atoms with van der Waals surface area (Å²) in [7, 11) is -3.14. The van der Waals surface area contributed by atoms with Gasteiger partial charge in [0.2, 0.25) is 11.8 Å². The van der Waals surface area contributed by atoms with E-state index in [1.807, 2.05) is 0 Å². The number of carbonyl (C=O) groups is 2. The lowest BCUT2D eigenvalue weighted by Crippen LogP contribution is -2.51. The molecule has 1 saturated carbocycles. The fraction of sp³-hybridized carbons (Fsp3) is 0.846. The molecule has 8 heteroatoms. The van der Waals surface area contributed by atoms with Crippen LogP contribution in [0.5, 0.6) is 0 Å². The number of rotatable bonds is 6. The first-order chi connectivity index (χ1) is 9.78. The standard InChI is InChI=1S/C13H23N3O4S/c1-21(19,20)8-6-10(14)13(18)16-7-2-3-11(16)12(17)15-9-4-5-9/h9-11H,2-8,14H2,1H3,(H,15,17). The largest absolute Gasteiger partial charge is 0.352 e. The summed E-state index contributed by atoms with van der Waals surface area (Å²) in [6.45, 7) is 0.508. The van der Waals surface area contributed by atoms with E-state index in [0.29, 0.717) is 13.0 Å². The van der Waals surface area contributed by atoms with Crippen molar-refractivity contribution in [2.45, 2.75) is 50.2 Å². The zero-order valence-corrected chi connectivity index (χ0v) is 13.1. The SMILES string of the molecule is CS(=O)(=O)CCC(N)C(=O)N1CCCC1C(=O)NC1CC1. The summed E-state index contributed by atoms with van der Waals surface area (Å²) in [5, 5.41) is 2.91. The van der Waals surface area contributed by atoms with E-state index in [0.717, 1.165) is 25.5 Å². The Labute approximate surface area is 125 Å². The predicted octanol–water partition coefficient (Wildman–Crippen LogP) is -0.982. The lowest BCUT2D eigenvalue weighted by atomic mass is 10.1. The summed E-state index contributed by atoms with van der Waals surface area (Å²) < 4.78 is 22.3. The molecule has 7 nitrogen and oxygen atoms in total. The van der Waals surface area contributed by atoms with E-state index in [1.165, 1.54) is 4.90 Å². The Morgan fingerprint density at radius 2 is 2.00 bits per heavy atom. The highest BCUT2D eigenvalue weighted by molar-refractivity contribution is 7.90. The van der Waals surface area contributed by atoms with Gasteiger partial charge in [0.15, 0.2) is 0 Å². The topological polar surface area (TPSA) is 110 Å². The van der Waals surface area contributed by atoms with Gasteiger partial charge in [0.25, 0.3) is 0 Å². The van der Waals surface area contributed by atoms with Gasteiger partial charge in [0.05, 0.1) is 11.8 Å². The maximum Gasteiger partial charge on any atom is 0.243 e. The second-order valence-corrected chi connectivity index (χ2v) is 8.26. The normalized spacial score (nSPS) is 23.9. The third-order valence-corrected chi connectivity index (χ3v) is 4.86. The Morgan fingerprint density at radius 3 is 2.57 bits per heavy atom. The van der Waals surface area contributed by atoms with Gasteiger partial charge in [-0.1, -0.05) is 0 Å². The molecule has 2 rings (SSSR count). The van der Waals surface area contributed by atoms with Crippen LogP contribution < -0.4 is 11.1 Å². The molecule has 2 aliphatic rings. The monoisotopic (exact) mass is 317 g/mol. The molecule has 0 spiro atoms. The van der Waals surface area contributed by atoms with Crippen LogP contribution in [0.3, 0.4) is 0 Å². The van der Waals surface area contributed by atoms with Gasteiger partial charge >= 0.3 is 0 Å². The van der Waals surface area contributed by atoms with Crippen molar-refractivity contribution >= 4 is 21.7 Å². The van der Waals surface area contributed by atoms with E-state index in [4.69, 9.17) is 5.73 Å². The Morgan fingerprint density at radius 1 is 1.33 bits per heavy atom. The van der Waals surface area contributed by atoms with Gasteiger partial charge in [-0.2, -0.15) is 0 Å². The highest BCUT2D eigenvalue weighted by atomic mass is 32.2. The molecule has 1 saturated heterocycles. The number of hydrogen-bond donors (Lipinski definition) is 2. The minimum absolute atomic E-state index is 0.0884. The van der Waals surface area contributed by atoms with Gasteiger partial charge in [-0.3, -0.25) is 9.59 Å². The third kappa shape index (κ3) is 4.67. The van der Waals surface area contributed by atoms with E-state index >= 15 is 0 Å². The number of amides is 2. The predicted molar refractivity (Wildman–Crippen MR) is 78.2 cm³/mol. The summed E-state index contributed by atoms with van der Waals surface area (Å²) in [6, 6.07) is -1.06. The second-order valence-electron chi connectivity index (χ2n) is 6.00. The Kier molecular flexibility index (Phi) is 4.88. The van der Waals surface area contributed by atoms with Crippen molar-refractivity contribution < 1.29 is 18.0 Å². The molecule has 2 fully saturated rings. The number of nitrogens with two attached hydrogens (primary N) is 1. The highest BCUT2D eigenvalue weighted by Gasteiger charge is 2.37. The molecule has 0 bridgehead atoms. The van der Waals surface area contributed by atoms with Crippen molar-refractivity contribution in [1.82, 2.24) is 10.2 Å². The molecule has 21 heavy (non-hydrogen) atoms.